The first kappa shape index (κ1) is 14.1. The normalized spacial score (nSPS) is 10.5. The Bertz CT molecular complexity index is 628. The van der Waals surface area contributed by atoms with Gasteiger partial charge in [0.2, 0.25) is 5.91 Å². The summed E-state index contributed by atoms with van der Waals surface area (Å²) in [6.07, 6.45) is 3.52. The fourth-order valence-corrected chi connectivity index (χ4v) is 1.88. The SMILES string of the molecule is Cc1cnccc1CNCc1ccc(C(N)=O)cc1F. The standard InChI is InChI=1S/C15H16FN3O/c1-10-7-18-5-4-12(10)8-19-9-13-3-2-11(15(17)20)6-14(13)16/h2-7,19H,8-9H2,1H3,(H2,17,20). The number of aryl methyl sites for hydroxylation is 1. The second kappa shape index (κ2) is 6.25. The van der Waals surface area contributed by atoms with Gasteiger partial charge in [-0.1, -0.05) is 6.07 Å². The van der Waals surface area contributed by atoms with E-state index in [1.165, 1.54) is 6.07 Å². The van der Waals surface area contributed by atoms with Crippen molar-refractivity contribution in [3.63, 3.8) is 0 Å². The molecule has 5 heteroatoms. The molecule has 0 atom stereocenters. The minimum atomic E-state index is -0.629. The fraction of sp³-hybridized carbons (Fsp3) is 0.200. The van der Waals surface area contributed by atoms with Crippen LogP contribution in [0.3, 0.4) is 0 Å². The van der Waals surface area contributed by atoms with Crippen molar-refractivity contribution in [2.45, 2.75) is 20.0 Å². The molecule has 4 nitrogen and oxygen atoms in total. The first-order valence-electron chi connectivity index (χ1n) is 6.26. The van der Waals surface area contributed by atoms with Crippen molar-refractivity contribution >= 4 is 5.91 Å². The van der Waals surface area contributed by atoms with Crippen molar-refractivity contribution in [1.29, 1.82) is 0 Å². The summed E-state index contributed by atoms with van der Waals surface area (Å²) in [5, 5.41) is 3.16. The van der Waals surface area contributed by atoms with Gasteiger partial charge in [0.25, 0.3) is 0 Å². The molecule has 0 bridgehead atoms. The number of hydrogen-bond donors (Lipinski definition) is 2. The number of halogens is 1. The molecule has 0 aliphatic heterocycles. The van der Waals surface area contributed by atoms with Gasteiger partial charge in [0, 0.05) is 36.6 Å². The van der Waals surface area contributed by atoms with Crippen LogP contribution in [0.1, 0.15) is 27.0 Å². The average molecular weight is 273 g/mol. The summed E-state index contributed by atoms with van der Waals surface area (Å²) < 4.78 is 13.8. The smallest absolute Gasteiger partial charge is 0.248 e. The van der Waals surface area contributed by atoms with Crippen LogP contribution in [0.25, 0.3) is 0 Å². The van der Waals surface area contributed by atoms with Crippen LogP contribution < -0.4 is 11.1 Å². The van der Waals surface area contributed by atoms with Crippen molar-refractivity contribution in [1.82, 2.24) is 10.3 Å². The van der Waals surface area contributed by atoms with Crippen LogP contribution in [0, 0.1) is 12.7 Å². The van der Waals surface area contributed by atoms with Crippen molar-refractivity contribution in [3.05, 3.63) is 64.7 Å². The highest BCUT2D eigenvalue weighted by molar-refractivity contribution is 5.92. The minimum Gasteiger partial charge on any atom is -0.366 e. The molecule has 0 unspecified atom stereocenters. The van der Waals surface area contributed by atoms with Gasteiger partial charge in [-0.15, -0.1) is 0 Å². The summed E-state index contributed by atoms with van der Waals surface area (Å²) in [4.78, 5) is 15.0. The Hall–Kier alpha value is -2.27. The molecule has 1 aromatic heterocycles. The van der Waals surface area contributed by atoms with Gasteiger partial charge in [0.05, 0.1) is 0 Å². The summed E-state index contributed by atoms with van der Waals surface area (Å²) in [5.74, 6) is -1.06. The molecule has 1 amide bonds. The van der Waals surface area contributed by atoms with E-state index in [4.69, 9.17) is 5.73 Å². The lowest BCUT2D eigenvalue weighted by Crippen LogP contribution is -2.16. The molecule has 20 heavy (non-hydrogen) atoms. The van der Waals surface area contributed by atoms with E-state index in [0.717, 1.165) is 17.2 Å². The lowest BCUT2D eigenvalue weighted by atomic mass is 10.1. The van der Waals surface area contributed by atoms with E-state index in [2.05, 4.69) is 10.3 Å². The van der Waals surface area contributed by atoms with Gasteiger partial charge in [-0.3, -0.25) is 9.78 Å². The van der Waals surface area contributed by atoms with Crippen molar-refractivity contribution in [3.8, 4) is 0 Å². The molecule has 1 heterocycles. The molecule has 1 aromatic carbocycles. The van der Waals surface area contributed by atoms with E-state index in [-0.39, 0.29) is 5.56 Å². The van der Waals surface area contributed by atoms with E-state index < -0.39 is 11.7 Å². The van der Waals surface area contributed by atoms with Gasteiger partial charge >= 0.3 is 0 Å². The van der Waals surface area contributed by atoms with Gasteiger partial charge in [0.15, 0.2) is 0 Å². The Labute approximate surface area is 116 Å². The Morgan fingerprint density at radius 1 is 1.30 bits per heavy atom. The molecule has 2 aromatic rings. The second-order valence-corrected chi connectivity index (χ2v) is 4.58. The number of primary amides is 1. The van der Waals surface area contributed by atoms with Crippen molar-refractivity contribution in [2.24, 2.45) is 5.73 Å². The fourth-order valence-electron chi connectivity index (χ4n) is 1.88. The largest absolute Gasteiger partial charge is 0.366 e. The second-order valence-electron chi connectivity index (χ2n) is 4.58. The Morgan fingerprint density at radius 2 is 2.05 bits per heavy atom. The Morgan fingerprint density at radius 3 is 2.70 bits per heavy atom. The molecular weight excluding hydrogens is 257 g/mol. The number of nitrogens with two attached hydrogens (primary N) is 1. The third kappa shape index (κ3) is 3.39. The summed E-state index contributed by atoms with van der Waals surface area (Å²) in [6.45, 7) is 2.99. The Kier molecular flexibility index (Phi) is 4.42. The maximum atomic E-state index is 13.8. The van der Waals surface area contributed by atoms with E-state index >= 15 is 0 Å². The van der Waals surface area contributed by atoms with E-state index in [1.807, 2.05) is 13.0 Å². The van der Waals surface area contributed by atoms with Gasteiger partial charge in [0.1, 0.15) is 5.82 Å². The van der Waals surface area contributed by atoms with Crippen LogP contribution >= 0.6 is 0 Å². The zero-order valence-corrected chi connectivity index (χ0v) is 11.2. The predicted octanol–water partition coefficient (Wildman–Crippen LogP) is 1.92. The molecule has 0 spiro atoms. The zero-order chi connectivity index (χ0) is 14.5. The van der Waals surface area contributed by atoms with Crippen molar-refractivity contribution in [2.75, 3.05) is 0 Å². The summed E-state index contributed by atoms with van der Waals surface area (Å²) in [6, 6.07) is 6.19. The number of nitrogens with zero attached hydrogens (tertiary/aromatic N) is 1. The molecular formula is C15H16FN3O. The van der Waals surface area contributed by atoms with Gasteiger partial charge in [-0.25, -0.2) is 4.39 Å². The first-order chi connectivity index (χ1) is 9.58. The van der Waals surface area contributed by atoms with E-state index in [1.54, 1.807) is 18.5 Å². The van der Waals surface area contributed by atoms with Gasteiger partial charge < -0.3 is 11.1 Å². The molecule has 0 aliphatic rings. The van der Waals surface area contributed by atoms with Crippen LogP contribution in [0.4, 0.5) is 4.39 Å². The van der Waals surface area contributed by atoms with Crippen LogP contribution in [0.2, 0.25) is 0 Å². The molecule has 0 fully saturated rings. The van der Waals surface area contributed by atoms with Crippen LogP contribution in [0.5, 0.6) is 0 Å². The van der Waals surface area contributed by atoms with Gasteiger partial charge in [-0.05, 0) is 36.2 Å². The van der Waals surface area contributed by atoms with Crippen molar-refractivity contribution < 1.29 is 9.18 Å². The number of rotatable bonds is 5. The number of benzene rings is 1. The van der Waals surface area contributed by atoms with Crippen LogP contribution in [0.15, 0.2) is 36.7 Å². The zero-order valence-electron chi connectivity index (χ0n) is 11.2. The molecule has 0 saturated heterocycles. The highest BCUT2D eigenvalue weighted by Gasteiger charge is 2.07. The molecule has 3 N–H and O–H groups in total. The first-order valence-corrected chi connectivity index (χ1v) is 6.26. The third-order valence-corrected chi connectivity index (χ3v) is 3.10. The maximum Gasteiger partial charge on any atom is 0.248 e. The maximum absolute atomic E-state index is 13.8. The Balaban J connectivity index is 1.98. The van der Waals surface area contributed by atoms with Crippen LogP contribution in [-0.2, 0) is 13.1 Å². The number of hydrogen-bond acceptors (Lipinski definition) is 3. The summed E-state index contributed by atoms with van der Waals surface area (Å²) in [5.41, 5.74) is 7.98. The van der Waals surface area contributed by atoms with E-state index in [9.17, 15) is 9.18 Å². The molecule has 104 valence electrons. The lowest BCUT2D eigenvalue weighted by Gasteiger charge is -2.08. The topological polar surface area (TPSA) is 68.0 Å². The van der Waals surface area contributed by atoms with E-state index in [0.29, 0.717) is 18.7 Å². The van der Waals surface area contributed by atoms with Gasteiger partial charge in [-0.2, -0.15) is 0 Å². The average Bonchev–Trinajstić information content (AvgIpc) is 2.42. The monoisotopic (exact) mass is 273 g/mol. The number of carbonyl (C=O) groups excluding carboxylic acids is 1. The summed E-state index contributed by atoms with van der Waals surface area (Å²) >= 11 is 0. The third-order valence-electron chi connectivity index (χ3n) is 3.10. The molecule has 0 aliphatic carbocycles. The predicted molar refractivity (Wildman–Crippen MR) is 74.4 cm³/mol. The highest BCUT2D eigenvalue weighted by atomic mass is 19.1. The minimum absolute atomic E-state index is 0.177. The van der Waals surface area contributed by atoms with Crippen LogP contribution in [-0.4, -0.2) is 10.9 Å². The number of pyridine rings is 1. The molecule has 2 rings (SSSR count). The number of amides is 1. The molecule has 0 radical (unpaired) electrons. The quantitative estimate of drug-likeness (QED) is 0.874. The number of nitrogens with one attached hydrogen (secondary N) is 1. The lowest BCUT2D eigenvalue weighted by molar-refractivity contribution is 0.1000. The highest BCUT2D eigenvalue weighted by Crippen LogP contribution is 2.11. The summed E-state index contributed by atoms with van der Waals surface area (Å²) in [7, 11) is 0. The molecule has 0 saturated carbocycles. The number of aromatic nitrogens is 1. The number of carbonyl (C=O) groups is 1.